The van der Waals surface area contributed by atoms with Gasteiger partial charge in [0.2, 0.25) is 15.9 Å². The summed E-state index contributed by atoms with van der Waals surface area (Å²) in [4.78, 5) is 3.79. The van der Waals surface area contributed by atoms with Crippen LogP contribution in [0.1, 0.15) is 18.6 Å². The van der Waals surface area contributed by atoms with Gasteiger partial charge < -0.3 is 4.42 Å². The number of rotatable bonds is 5. The van der Waals surface area contributed by atoms with Gasteiger partial charge in [0.25, 0.3) is 0 Å². The number of sulfonamides is 1. The van der Waals surface area contributed by atoms with Crippen LogP contribution in [-0.4, -0.2) is 13.4 Å². The van der Waals surface area contributed by atoms with E-state index in [9.17, 15) is 12.8 Å². The number of halogens is 2. The molecule has 1 aromatic carbocycles. The lowest BCUT2D eigenvalue weighted by Gasteiger charge is -2.05. The second-order valence-corrected chi connectivity index (χ2v) is 6.60. The molecule has 0 aliphatic carbocycles. The highest BCUT2D eigenvalue weighted by Crippen LogP contribution is 2.19. The fraction of sp³-hybridized carbons (Fsp3) is 0.250. The molecular weight excluding hydrogens is 351 g/mol. The minimum atomic E-state index is -3.81. The zero-order valence-corrected chi connectivity index (χ0v) is 13.0. The molecule has 8 heteroatoms. The van der Waals surface area contributed by atoms with E-state index in [0.717, 1.165) is 6.07 Å². The molecule has 0 saturated heterocycles. The summed E-state index contributed by atoms with van der Waals surface area (Å²) in [6.07, 6.45) is 2.22. The Bertz CT molecular complexity index is 715. The molecule has 20 heavy (non-hydrogen) atoms. The molecule has 0 fully saturated rings. The second kappa shape index (κ2) is 6.02. The van der Waals surface area contributed by atoms with E-state index in [1.807, 2.05) is 6.92 Å². The van der Waals surface area contributed by atoms with Gasteiger partial charge in [-0.15, -0.1) is 0 Å². The van der Waals surface area contributed by atoms with Crippen LogP contribution in [0.15, 0.2) is 38.2 Å². The molecule has 0 spiro atoms. The third-order valence-electron chi connectivity index (χ3n) is 2.56. The lowest BCUT2D eigenvalue weighted by atomic mass is 10.3. The smallest absolute Gasteiger partial charge is 0.241 e. The first kappa shape index (κ1) is 15.1. The normalized spacial score (nSPS) is 11.8. The van der Waals surface area contributed by atoms with Crippen molar-refractivity contribution in [3.63, 3.8) is 0 Å². The summed E-state index contributed by atoms with van der Waals surface area (Å²) >= 11 is 2.97. The van der Waals surface area contributed by atoms with Crippen molar-refractivity contribution in [2.24, 2.45) is 0 Å². The number of hydrogen-bond acceptors (Lipinski definition) is 4. The maximum atomic E-state index is 13.4. The second-order valence-electron chi connectivity index (χ2n) is 3.97. The van der Waals surface area contributed by atoms with E-state index in [-0.39, 0.29) is 21.8 Å². The Hall–Kier alpha value is -1.25. The summed E-state index contributed by atoms with van der Waals surface area (Å²) < 4.78 is 45.1. The maximum Gasteiger partial charge on any atom is 0.241 e. The zero-order chi connectivity index (χ0) is 14.8. The number of benzene rings is 1. The van der Waals surface area contributed by atoms with Crippen molar-refractivity contribution in [1.82, 2.24) is 9.71 Å². The van der Waals surface area contributed by atoms with Crippen LogP contribution in [0.4, 0.5) is 4.39 Å². The highest BCUT2D eigenvalue weighted by atomic mass is 79.9. The fourth-order valence-corrected chi connectivity index (χ4v) is 2.71. The van der Waals surface area contributed by atoms with Crippen molar-refractivity contribution in [3.05, 3.63) is 46.3 Å². The molecule has 2 aromatic rings. The minimum Gasteiger partial charge on any atom is -0.444 e. The molecule has 108 valence electrons. The van der Waals surface area contributed by atoms with Crippen LogP contribution in [0, 0.1) is 5.82 Å². The molecule has 1 heterocycles. The number of nitrogens with zero attached hydrogens (tertiary/aromatic N) is 1. The van der Waals surface area contributed by atoms with Crippen LogP contribution in [0.2, 0.25) is 0 Å². The summed E-state index contributed by atoms with van der Waals surface area (Å²) in [5.41, 5.74) is 0. The van der Waals surface area contributed by atoms with Crippen molar-refractivity contribution >= 4 is 26.0 Å². The number of aryl methyl sites for hydroxylation is 1. The molecule has 0 atom stereocenters. The summed E-state index contributed by atoms with van der Waals surface area (Å²) in [6.45, 7) is 1.82. The molecule has 1 aromatic heterocycles. The SMILES string of the molecule is CCc1cnc(CNS(=O)(=O)c2ccc(Br)c(F)c2)o1. The molecule has 0 saturated carbocycles. The Balaban J connectivity index is 2.12. The lowest BCUT2D eigenvalue weighted by Crippen LogP contribution is -2.23. The Labute approximate surface area is 124 Å². The largest absolute Gasteiger partial charge is 0.444 e. The van der Waals surface area contributed by atoms with Gasteiger partial charge in [0.1, 0.15) is 11.6 Å². The number of hydrogen-bond donors (Lipinski definition) is 1. The van der Waals surface area contributed by atoms with Gasteiger partial charge in [-0.2, -0.15) is 0 Å². The van der Waals surface area contributed by atoms with E-state index in [1.165, 1.54) is 12.1 Å². The van der Waals surface area contributed by atoms with E-state index < -0.39 is 15.8 Å². The predicted molar refractivity (Wildman–Crippen MR) is 74.0 cm³/mol. The quantitative estimate of drug-likeness (QED) is 0.887. The van der Waals surface area contributed by atoms with Crippen LogP contribution < -0.4 is 4.72 Å². The molecule has 0 aliphatic rings. The Morgan fingerprint density at radius 2 is 2.20 bits per heavy atom. The van der Waals surface area contributed by atoms with Gasteiger partial charge in [0, 0.05) is 6.42 Å². The summed E-state index contributed by atoms with van der Waals surface area (Å²) in [5.74, 6) is 0.300. The minimum absolute atomic E-state index is 0.0833. The fourth-order valence-electron chi connectivity index (χ4n) is 1.48. The third-order valence-corrected chi connectivity index (χ3v) is 4.61. The molecule has 2 rings (SSSR count). The average Bonchev–Trinajstić information content (AvgIpc) is 2.87. The molecule has 0 bridgehead atoms. The van der Waals surface area contributed by atoms with E-state index in [2.05, 4.69) is 25.6 Å². The van der Waals surface area contributed by atoms with E-state index >= 15 is 0 Å². The van der Waals surface area contributed by atoms with E-state index in [1.54, 1.807) is 6.20 Å². The van der Waals surface area contributed by atoms with Crippen LogP contribution >= 0.6 is 15.9 Å². The highest BCUT2D eigenvalue weighted by molar-refractivity contribution is 9.10. The van der Waals surface area contributed by atoms with Crippen molar-refractivity contribution in [2.75, 3.05) is 0 Å². The van der Waals surface area contributed by atoms with Crippen LogP contribution in [0.3, 0.4) is 0 Å². The van der Waals surface area contributed by atoms with Crippen LogP contribution in [-0.2, 0) is 23.0 Å². The van der Waals surface area contributed by atoms with E-state index in [0.29, 0.717) is 12.2 Å². The first-order valence-electron chi connectivity index (χ1n) is 5.80. The first-order chi connectivity index (χ1) is 9.42. The van der Waals surface area contributed by atoms with Crippen molar-refractivity contribution in [1.29, 1.82) is 0 Å². The van der Waals surface area contributed by atoms with Crippen molar-refractivity contribution in [2.45, 2.75) is 24.8 Å². The number of oxazole rings is 1. The zero-order valence-electron chi connectivity index (χ0n) is 10.6. The molecule has 0 radical (unpaired) electrons. The third kappa shape index (κ3) is 3.44. The first-order valence-corrected chi connectivity index (χ1v) is 8.08. The van der Waals surface area contributed by atoms with Crippen LogP contribution in [0.25, 0.3) is 0 Å². The summed E-state index contributed by atoms with van der Waals surface area (Å²) in [6, 6.07) is 3.59. The summed E-state index contributed by atoms with van der Waals surface area (Å²) in [7, 11) is -3.81. The highest BCUT2D eigenvalue weighted by Gasteiger charge is 2.16. The van der Waals surface area contributed by atoms with Gasteiger partial charge in [-0.05, 0) is 34.1 Å². The standard InChI is InChI=1S/C12H12BrFN2O3S/c1-2-8-6-15-12(19-8)7-16-20(17,18)9-3-4-10(13)11(14)5-9/h3-6,16H,2,7H2,1H3. The Morgan fingerprint density at radius 3 is 2.80 bits per heavy atom. The average molecular weight is 363 g/mol. The van der Waals surface area contributed by atoms with Gasteiger partial charge in [-0.3, -0.25) is 0 Å². The van der Waals surface area contributed by atoms with Gasteiger partial charge in [0.05, 0.1) is 22.1 Å². The molecule has 0 unspecified atom stereocenters. The van der Waals surface area contributed by atoms with E-state index in [4.69, 9.17) is 4.42 Å². The summed E-state index contributed by atoms with van der Waals surface area (Å²) in [5, 5.41) is 0. The van der Waals surface area contributed by atoms with Gasteiger partial charge in [-0.25, -0.2) is 22.5 Å². The lowest BCUT2D eigenvalue weighted by molar-refractivity contribution is 0.452. The molecule has 0 aliphatic heterocycles. The Morgan fingerprint density at radius 1 is 1.45 bits per heavy atom. The van der Waals surface area contributed by atoms with Crippen molar-refractivity contribution in [3.8, 4) is 0 Å². The number of nitrogens with one attached hydrogen (secondary N) is 1. The molecular formula is C12H12BrFN2O3S. The predicted octanol–water partition coefficient (Wildman–Crippen LogP) is 2.62. The van der Waals surface area contributed by atoms with Crippen molar-refractivity contribution < 1.29 is 17.2 Å². The van der Waals surface area contributed by atoms with Crippen LogP contribution in [0.5, 0.6) is 0 Å². The molecule has 0 amide bonds. The van der Waals surface area contributed by atoms with Gasteiger partial charge in [0.15, 0.2) is 0 Å². The maximum absolute atomic E-state index is 13.4. The van der Waals surface area contributed by atoms with Gasteiger partial charge >= 0.3 is 0 Å². The topological polar surface area (TPSA) is 72.2 Å². The monoisotopic (exact) mass is 362 g/mol. The Kier molecular flexibility index (Phi) is 4.56. The van der Waals surface area contributed by atoms with Gasteiger partial charge in [-0.1, -0.05) is 6.92 Å². The molecule has 5 nitrogen and oxygen atoms in total. The molecule has 1 N–H and O–H groups in total. The number of aromatic nitrogens is 1.